The zero-order chi connectivity index (χ0) is 77.6. The number of rotatable bonds is 23. The van der Waals surface area contributed by atoms with Crippen LogP contribution in [0.3, 0.4) is 0 Å². The number of carboxylic acids is 5. The molecule has 6 rings (SSSR count). The van der Waals surface area contributed by atoms with Crippen LogP contribution in [0.25, 0.3) is 0 Å². The number of esters is 3. The van der Waals surface area contributed by atoms with Crippen LogP contribution in [0.1, 0.15) is 302 Å². The first-order chi connectivity index (χ1) is 46.6. The van der Waals surface area contributed by atoms with Gasteiger partial charge in [-0.25, -0.2) is 10.5 Å². The first-order valence-corrected chi connectivity index (χ1v) is 36.5. The summed E-state index contributed by atoms with van der Waals surface area (Å²) in [5.41, 5.74) is 17.9. The summed E-state index contributed by atoms with van der Waals surface area (Å²) >= 11 is 3.10. The van der Waals surface area contributed by atoms with E-state index in [0.29, 0.717) is 69.1 Å². The van der Waals surface area contributed by atoms with Gasteiger partial charge in [-0.15, -0.1) is 0 Å². The number of alkyl halides is 1. The number of hydrogen-bond donors (Lipinski definition) is 11. The monoisotopic (exact) mass is 1530 g/mol. The van der Waals surface area contributed by atoms with Crippen molar-refractivity contribution < 1.29 is 108 Å². The van der Waals surface area contributed by atoms with E-state index in [2.05, 4.69) is 46.0 Å². The summed E-state index contributed by atoms with van der Waals surface area (Å²) in [4.78, 5) is 123. The highest BCUT2D eigenvalue weighted by atomic mass is 79.9. The largest absolute Gasteiger partial charge is 0.481 e. The molecule has 14 N–H and O–H groups in total. The molecule has 0 unspecified atom stereocenters. The Morgan fingerprint density at radius 3 is 0.951 bits per heavy atom. The standard InChI is InChI=1S/C16H26O4.C15H27NO4.C15H24O5.C11H19BrN2O3.C10H17NO2.C7H10O.2CH4.H2O3/c1-12-5-8-16(9-6-12,11-13(17)18)10-7-14(19)20-15(2,3)4;2*1-14(2,3)20-13(19)6-9-15(10-12(17)18)7-4-11(16)5-8-15;12-6-9(15)14-8-1-3-11(7-13,4-2-8)5-10(16)17;1-8-2-4-10(7-11,5-3-8)6-9(12)13;1-6-2-4-7(8)5-3-6;;;1-3-2/h1,5-11H2,2-4H3,(H,17,18);11H,4-10,16H2,1-3H3,(H,17,18);4-10H2,1-3H3,(H,17,18);8H,1-7,13H2,(H,14,15)(H,16,17);1-7,11H2,(H,12,13);1-5H2;2*1H4;1-2H. The van der Waals surface area contributed by atoms with Crippen LogP contribution in [0, 0.1) is 27.1 Å². The molecule has 0 aromatic carbocycles. The van der Waals surface area contributed by atoms with Crippen molar-refractivity contribution in [2.45, 2.75) is 331 Å². The highest BCUT2D eigenvalue weighted by Gasteiger charge is 2.41. The number of halogens is 1. The van der Waals surface area contributed by atoms with E-state index < -0.39 is 52.1 Å². The number of aliphatic carboxylic acids is 5. The van der Waals surface area contributed by atoms with Crippen LogP contribution in [0.2, 0.25) is 0 Å². The number of carbonyl (C=O) groups is 11. The van der Waals surface area contributed by atoms with Gasteiger partial charge in [0, 0.05) is 57.0 Å². The summed E-state index contributed by atoms with van der Waals surface area (Å²) in [6.07, 6.45) is 21.6. The Morgan fingerprint density at radius 2 is 0.680 bits per heavy atom. The van der Waals surface area contributed by atoms with E-state index in [1.165, 1.54) is 16.7 Å². The van der Waals surface area contributed by atoms with Gasteiger partial charge in [-0.05, 0) is 250 Å². The zero-order valence-corrected chi connectivity index (χ0v) is 63.6. The van der Waals surface area contributed by atoms with Crippen LogP contribution in [0.4, 0.5) is 0 Å². The van der Waals surface area contributed by atoms with Crippen molar-refractivity contribution >= 4 is 81.2 Å². The highest BCUT2D eigenvalue weighted by Crippen LogP contribution is 2.47. The number of hydrogen-bond acceptors (Lipinski definition) is 20. The van der Waals surface area contributed by atoms with E-state index in [1.54, 1.807) is 20.8 Å². The molecule has 26 nitrogen and oxygen atoms in total. The van der Waals surface area contributed by atoms with Gasteiger partial charge < -0.3 is 62.3 Å². The van der Waals surface area contributed by atoms with Gasteiger partial charge in [0.15, 0.2) is 0 Å². The molecule has 6 fully saturated rings. The lowest BCUT2D eigenvalue weighted by molar-refractivity contribution is -0.465. The third-order valence-electron chi connectivity index (χ3n) is 19.4. The van der Waals surface area contributed by atoms with Crippen molar-refractivity contribution in [3.8, 4) is 0 Å². The Hall–Kier alpha value is -5.97. The number of nitrogens with one attached hydrogen (secondary N) is 1. The second-order valence-electron chi connectivity index (χ2n) is 31.7. The smallest absolute Gasteiger partial charge is 0.306 e. The van der Waals surface area contributed by atoms with Gasteiger partial charge in [0.2, 0.25) is 5.91 Å². The first kappa shape index (κ1) is 101. The molecule has 0 saturated heterocycles. The highest BCUT2D eigenvalue weighted by molar-refractivity contribution is 9.09. The third-order valence-corrected chi connectivity index (χ3v) is 19.9. The van der Waals surface area contributed by atoms with E-state index >= 15 is 0 Å². The minimum Gasteiger partial charge on any atom is -0.481 e. The molecule has 0 radical (unpaired) electrons. The van der Waals surface area contributed by atoms with Crippen LogP contribution in [0.15, 0.2) is 36.5 Å². The van der Waals surface area contributed by atoms with Crippen molar-refractivity contribution in [1.29, 1.82) is 0 Å². The Labute approximate surface area is 621 Å². The summed E-state index contributed by atoms with van der Waals surface area (Å²) in [5.74, 6) is -4.23. The van der Waals surface area contributed by atoms with Crippen LogP contribution in [-0.4, -0.2) is 149 Å². The molecule has 0 atom stereocenters. The van der Waals surface area contributed by atoms with Crippen LogP contribution >= 0.6 is 15.9 Å². The number of Topliss-reactive ketones (excluding diaryl/α,β-unsaturated/α-hetero) is 2. The maximum Gasteiger partial charge on any atom is 0.306 e. The summed E-state index contributed by atoms with van der Waals surface area (Å²) in [7, 11) is 0. The maximum absolute atomic E-state index is 11.8. The number of carbonyl (C=O) groups excluding carboxylic acids is 6. The minimum absolute atomic E-state index is 0. The molecule has 0 aromatic rings. The second kappa shape index (κ2) is 49.0. The number of carboxylic acid groups (broad SMARTS) is 5. The van der Waals surface area contributed by atoms with Crippen molar-refractivity contribution in [1.82, 2.24) is 5.32 Å². The van der Waals surface area contributed by atoms with Gasteiger partial charge in [-0.2, -0.15) is 0 Å². The number of amides is 1. The van der Waals surface area contributed by atoms with Gasteiger partial charge in [-0.3, -0.25) is 52.7 Å². The Morgan fingerprint density at radius 1 is 0.437 bits per heavy atom. The van der Waals surface area contributed by atoms with Crippen molar-refractivity contribution in [3.63, 3.8) is 0 Å². The van der Waals surface area contributed by atoms with Crippen molar-refractivity contribution in [2.75, 3.05) is 18.4 Å². The molecule has 0 bridgehead atoms. The van der Waals surface area contributed by atoms with Crippen molar-refractivity contribution in [2.24, 2.45) is 44.3 Å². The molecule has 6 aliphatic rings. The Balaban J connectivity index is -0.00000117. The number of allylic oxidation sites excluding steroid dienone is 3. The van der Waals surface area contributed by atoms with Crippen LogP contribution in [0.5, 0.6) is 0 Å². The quantitative estimate of drug-likeness (QED) is 0.0113. The molecular weight excluding hydrogens is 1400 g/mol. The van der Waals surface area contributed by atoms with E-state index in [-0.39, 0.29) is 130 Å². The fourth-order valence-electron chi connectivity index (χ4n) is 13.4. The molecule has 0 spiro atoms. The molecule has 103 heavy (non-hydrogen) atoms. The Bertz CT molecular complexity index is 2580. The predicted octanol–water partition coefficient (Wildman–Crippen LogP) is 14.2. The summed E-state index contributed by atoms with van der Waals surface area (Å²) in [5, 5.41) is 63.6. The molecule has 0 aliphatic heterocycles. The van der Waals surface area contributed by atoms with E-state index in [4.69, 9.17) is 67.5 Å². The minimum atomic E-state index is -0.872. The molecule has 1 amide bonds. The van der Waals surface area contributed by atoms with Gasteiger partial charge in [-0.1, -0.05) is 72.3 Å². The van der Waals surface area contributed by atoms with Gasteiger partial charge >= 0.3 is 47.8 Å². The molecule has 6 aliphatic carbocycles. The predicted molar refractivity (Wildman–Crippen MR) is 399 cm³/mol. The summed E-state index contributed by atoms with van der Waals surface area (Å²) < 4.78 is 15.8. The molecule has 596 valence electrons. The number of ether oxygens (including phenoxy) is 3. The van der Waals surface area contributed by atoms with Gasteiger partial charge in [0.05, 0.1) is 37.4 Å². The summed E-state index contributed by atoms with van der Waals surface area (Å²) in [6, 6.07) is 0.326. The molecular formula is C76H133BrN4O22. The van der Waals surface area contributed by atoms with Gasteiger partial charge in [0.25, 0.3) is 0 Å². The van der Waals surface area contributed by atoms with Gasteiger partial charge in [0.1, 0.15) is 28.4 Å². The molecule has 6 saturated carbocycles. The van der Waals surface area contributed by atoms with E-state index in [9.17, 15) is 52.7 Å². The molecule has 27 heteroatoms. The molecule has 0 heterocycles. The third kappa shape index (κ3) is 47.3. The van der Waals surface area contributed by atoms with E-state index in [0.717, 1.165) is 128 Å². The SMILES string of the molecule is C.C.C=C1CCC(=O)CC1.C=C1CCC(CCC(=O)OC(C)(C)C)(CC(=O)O)CC1.C=C1CCC(CN)(CC(=O)O)CC1.CC(C)(C)OC(=O)CCC1(CC(=O)O)CCC(=O)CC1.CC(C)(C)OC(=O)CCC1(CC(=O)O)CCC(N)CC1.NCC1(CC(=O)O)CCC(NC(=O)CBr)CC1.OOO. The average molecular weight is 1530 g/mol. The lowest BCUT2D eigenvalue weighted by Gasteiger charge is -2.38. The Kier molecular flexibility index (Phi) is 48.1. The zero-order valence-electron chi connectivity index (χ0n) is 62.0. The fraction of sp³-hybridized carbons (Fsp3) is 0.776. The van der Waals surface area contributed by atoms with Crippen LogP contribution in [-0.2, 0) is 72.0 Å². The van der Waals surface area contributed by atoms with Crippen molar-refractivity contribution in [3.05, 3.63) is 36.5 Å². The van der Waals surface area contributed by atoms with E-state index in [1.807, 2.05) is 41.5 Å². The number of ketones is 2. The van der Waals surface area contributed by atoms with Crippen LogP contribution < -0.4 is 22.5 Å². The average Bonchev–Trinajstić information content (AvgIpc) is 0.853. The topological polar surface area (TPSA) is 456 Å². The molecule has 0 aromatic heterocycles. The lowest BCUT2D eigenvalue weighted by atomic mass is 9.68. The fourth-order valence-corrected chi connectivity index (χ4v) is 13.6. The summed E-state index contributed by atoms with van der Waals surface area (Å²) in [6.45, 7) is 29.0. The second-order valence-corrected chi connectivity index (χ2v) is 32.3. The lowest BCUT2D eigenvalue weighted by Crippen LogP contribution is -2.44. The maximum atomic E-state index is 11.8. The number of nitrogens with two attached hydrogens (primary N) is 3. The first-order valence-electron chi connectivity index (χ1n) is 35.4. The normalized spacial score (nSPS) is 21.8.